The van der Waals surface area contributed by atoms with E-state index in [1.54, 1.807) is 6.20 Å². The van der Waals surface area contributed by atoms with Crippen LogP contribution in [0.15, 0.2) is 12.3 Å². The van der Waals surface area contributed by atoms with Gasteiger partial charge >= 0.3 is 6.18 Å². The average Bonchev–Trinajstić information content (AvgIpc) is 2.61. The summed E-state index contributed by atoms with van der Waals surface area (Å²) in [5.41, 5.74) is 0.948. The number of nitrogens with zero attached hydrogens (tertiary/aromatic N) is 5. The first kappa shape index (κ1) is 17.7. The second kappa shape index (κ2) is 7.42. The molecule has 3 rings (SSSR count). The van der Waals surface area contributed by atoms with Crippen molar-refractivity contribution in [2.45, 2.75) is 12.6 Å². The number of carbonyl (C=O) groups is 1. The maximum absolute atomic E-state index is 12.3. The van der Waals surface area contributed by atoms with Crippen LogP contribution >= 0.6 is 0 Å². The molecule has 3 heterocycles. The summed E-state index contributed by atoms with van der Waals surface area (Å²) in [7, 11) is 0. The molecule has 0 saturated carbocycles. The van der Waals surface area contributed by atoms with E-state index in [0.29, 0.717) is 32.1 Å². The van der Waals surface area contributed by atoms with Crippen molar-refractivity contribution in [3.8, 4) is 0 Å². The highest BCUT2D eigenvalue weighted by Crippen LogP contribution is 2.23. The molecule has 1 aromatic heterocycles. The molecule has 0 spiro atoms. The van der Waals surface area contributed by atoms with Gasteiger partial charge in [-0.25, -0.2) is 0 Å². The molecular weight excluding hydrogens is 339 g/mol. The summed E-state index contributed by atoms with van der Waals surface area (Å²) in [6.45, 7) is 4.26. The lowest BCUT2D eigenvalue weighted by molar-refractivity contribution is -0.161. The average molecular weight is 359 g/mol. The minimum absolute atomic E-state index is 0.248. The van der Waals surface area contributed by atoms with E-state index >= 15 is 0 Å². The number of hydrogen-bond donors (Lipinski definition) is 0. The second-order valence-electron chi connectivity index (χ2n) is 6.03. The Kier molecular flexibility index (Phi) is 5.26. The van der Waals surface area contributed by atoms with Crippen LogP contribution < -0.4 is 9.80 Å². The molecule has 0 aliphatic carbocycles. The Morgan fingerprint density at radius 1 is 1.08 bits per heavy atom. The highest BCUT2D eigenvalue weighted by Gasteiger charge is 2.34. The van der Waals surface area contributed by atoms with E-state index in [-0.39, 0.29) is 13.1 Å². The largest absolute Gasteiger partial charge is 0.397 e. The van der Waals surface area contributed by atoms with Gasteiger partial charge in [0.15, 0.2) is 5.82 Å². The van der Waals surface area contributed by atoms with Crippen molar-refractivity contribution in [2.24, 2.45) is 0 Å². The molecule has 25 heavy (non-hydrogen) atoms. The number of halogens is 3. The lowest BCUT2D eigenvalue weighted by atomic mass is 10.2. The van der Waals surface area contributed by atoms with Gasteiger partial charge in [-0.15, -0.1) is 5.10 Å². The molecule has 0 atom stereocenters. The van der Waals surface area contributed by atoms with E-state index < -0.39 is 18.5 Å². The number of piperazine rings is 1. The first-order valence-electron chi connectivity index (χ1n) is 8.17. The van der Waals surface area contributed by atoms with Crippen LogP contribution in [0.3, 0.4) is 0 Å². The fourth-order valence-corrected chi connectivity index (χ4v) is 2.96. The van der Waals surface area contributed by atoms with E-state index in [0.717, 1.165) is 18.8 Å². The molecule has 138 valence electrons. The van der Waals surface area contributed by atoms with Crippen molar-refractivity contribution in [3.05, 3.63) is 12.3 Å². The third-order valence-corrected chi connectivity index (χ3v) is 4.31. The Balaban J connectivity index is 1.58. The van der Waals surface area contributed by atoms with Crippen LogP contribution in [0.1, 0.15) is 6.42 Å². The number of alkyl halides is 3. The first-order chi connectivity index (χ1) is 11.9. The third kappa shape index (κ3) is 4.71. The Morgan fingerprint density at radius 3 is 2.40 bits per heavy atom. The molecule has 0 aromatic carbocycles. The van der Waals surface area contributed by atoms with Gasteiger partial charge in [0.2, 0.25) is 5.91 Å². The third-order valence-electron chi connectivity index (χ3n) is 4.31. The number of rotatable bonds is 3. The monoisotopic (exact) mass is 359 g/mol. The van der Waals surface area contributed by atoms with Crippen LogP contribution in [0.2, 0.25) is 0 Å². The molecule has 2 fully saturated rings. The number of anilines is 2. The normalized spacial score (nSPS) is 19.2. The van der Waals surface area contributed by atoms with Crippen LogP contribution in [0.25, 0.3) is 0 Å². The van der Waals surface area contributed by atoms with Crippen molar-refractivity contribution in [3.63, 3.8) is 0 Å². The number of carbonyl (C=O) groups excluding carboxylic acids is 1. The van der Waals surface area contributed by atoms with Crippen molar-refractivity contribution < 1.29 is 22.7 Å². The molecule has 1 aromatic rings. The number of morpholine rings is 1. The highest BCUT2D eigenvalue weighted by molar-refractivity contribution is 5.77. The Labute approximate surface area is 143 Å². The van der Waals surface area contributed by atoms with Crippen molar-refractivity contribution in [1.29, 1.82) is 0 Å². The van der Waals surface area contributed by atoms with Crippen LogP contribution in [-0.4, -0.2) is 79.7 Å². The Morgan fingerprint density at radius 2 is 1.76 bits per heavy atom. The molecule has 10 heteroatoms. The Bertz CT molecular complexity index is 599. The summed E-state index contributed by atoms with van der Waals surface area (Å²) in [6.07, 6.45) is -4.18. The summed E-state index contributed by atoms with van der Waals surface area (Å²) < 4.78 is 42.3. The quantitative estimate of drug-likeness (QED) is 0.800. The molecule has 7 nitrogen and oxygen atoms in total. The molecule has 0 radical (unpaired) electrons. The maximum Gasteiger partial charge on any atom is 0.397 e. The van der Waals surface area contributed by atoms with Crippen molar-refractivity contribution in [2.75, 3.05) is 62.3 Å². The van der Waals surface area contributed by atoms with E-state index in [4.69, 9.17) is 4.74 Å². The van der Waals surface area contributed by atoms with E-state index in [9.17, 15) is 18.0 Å². The van der Waals surface area contributed by atoms with Crippen molar-refractivity contribution >= 4 is 17.4 Å². The van der Waals surface area contributed by atoms with E-state index in [2.05, 4.69) is 15.1 Å². The lowest BCUT2D eigenvalue weighted by Crippen LogP contribution is -2.49. The predicted octanol–water partition coefficient (Wildman–Crippen LogP) is 0.914. The molecule has 2 saturated heterocycles. The molecule has 2 aliphatic heterocycles. The summed E-state index contributed by atoms with van der Waals surface area (Å²) in [5.74, 6) is -0.202. The number of aromatic nitrogens is 2. The SMILES string of the molecule is O=C(CC(F)(F)F)N1CCN(c2cc(N3CCOCC3)cnn2)CC1. The zero-order valence-electron chi connectivity index (χ0n) is 13.7. The summed E-state index contributed by atoms with van der Waals surface area (Å²) in [5, 5.41) is 8.16. The van der Waals surface area contributed by atoms with Crippen LogP contribution in [0.5, 0.6) is 0 Å². The van der Waals surface area contributed by atoms with Crippen molar-refractivity contribution in [1.82, 2.24) is 15.1 Å². The minimum atomic E-state index is -4.47. The van der Waals surface area contributed by atoms with Gasteiger partial charge in [0.25, 0.3) is 0 Å². The fraction of sp³-hybridized carbons (Fsp3) is 0.667. The van der Waals surface area contributed by atoms with Crippen LogP contribution in [0.4, 0.5) is 24.7 Å². The standard InChI is InChI=1S/C15H20F3N5O2/c16-15(17,18)10-14(24)23-3-1-22(2-4-23)13-9-12(11-19-20-13)21-5-7-25-8-6-21/h9,11H,1-8,10H2. The van der Waals surface area contributed by atoms with E-state index in [1.807, 2.05) is 11.0 Å². The van der Waals surface area contributed by atoms with Crippen LogP contribution in [0, 0.1) is 0 Å². The van der Waals surface area contributed by atoms with Gasteiger partial charge in [0.1, 0.15) is 6.42 Å². The summed E-state index contributed by atoms with van der Waals surface area (Å²) >= 11 is 0. The second-order valence-corrected chi connectivity index (χ2v) is 6.03. The van der Waals surface area contributed by atoms with Crippen LogP contribution in [-0.2, 0) is 9.53 Å². The zero-order valence-corrected chi connectivity index (χ0v) is 13.7. The highest BCUT2D eigenvalue weighted by atomic mass is 19.4. The molecule has 0 unspecified atom stereocenters. The molecule has 0 N–H and O–H groups in total. The van der Waals surface area contributed by atoms with Gasteiger partial charge in [-0.3, -0.25) is 4.79 Å². The number of amides is 1. The van der Waals surface area contributed by atoms with E-state index in [1.165, 1.54) is 4.90 Å². The number of ether oxygens (including phenoxy) is 1. The van der Waals surface area contributed by atoms with Gasteiger partial charge in [0.05, 0.1) is 25.1 Å². The maximum atomic E-state index is 12.3. The lowest BCUT2D eigenvalue weighted by Gasteiger charge is -2.36. The van der Waals surface area contributed by atoms with Gasteiger partial charge in [-0.1, -0.05) is 0 Å². The predicted molar refractivity (Wildman–Crippen MR) is 84.5 cm³/mol. The Hall–Kier alpha value is -2.10. The van der Waals surface area contributed by atoms with Gasteiger partial charge in [-0.2, -0.15) is 18.3 Å². The summed E-state index contributed by atoms with van der Waals surface area (Å²) in [4.78, 5) is 17.0. The molecule has 1 amide bonds. The van der Waals surface area contributed by atoms with Gasteiger partial charge in [0, 0.05) is 45.3 Å². The number of hydrogen-bond acceptors (Lipinski definition) is 6. The minimum Gasteiger partial charge on any atom is -0.378 e. The first-order valence-corrected chi connectivity index (χ1v) is 8.17. The van der Waals surface area contributed by atoms with Gasteiger partial charge < -0.3 is 19.4 Å². The zero-order chi connectivity index (χ0) is 17.9. The summed E-state index contributed by atoms with van der Waals surface area (Å²) in [6, 6.07) is 1.92. The topological polar surface area (TPSA) is 61.8 Å². The molecule has 2 aliphatic rings. The smallest absolute Gasteiger partial charge is 0.378 e. The molecular formula is C15H20F3N5O2. The van der Waals surface area contributed by atoms with Gasteiger partial charge in [-0.05, 0) is 0 Å². The molecule has 0 bridgehead atoms. The fourth-order valence-electron chi connectivity index (χ4n) is 2.96.